The minimum atomic E-state index is -3.14. The summed E-state index contributed by atoms with van der Waals surface area (Å²) in [5.41, 5.74) is 0.454. The molecule has 9 heteroatoms. The van der Waals surface area contributed by atoms with E-state index in [1.165, 1.54) is 18.2 Å². The quantitative estimate of drug-likeness (QED) is 0.646. The van der Waals surface area contributed by atoms with Crippen LogP contribution in [0.4, 0.5) is 17.6 Å². The molecule has 3 unspecified atom stereocenters. The van der Waals surface area contributed by atoms with Crippen molar-refractivity contribution in [1.82, 2.24) is 14.8 Å². The zero-order chi connectivity index (χ0) is 15.1. The zero-order valence-corrected chi connectivity index (χ0v) is 11.2. The van der Waals surface area contributed by atoms with Gasteiger partial charge in [-0.05, 0) is 17.7 Å². The fourth-order valence-corrected chi connectivity index (χ4v) is 2.83. The molecule has 0 N–H and O–H groups in total. The molecule has 0 spiro atoms. The number of nitrogens with zero attached hydrogens (tertiary/aromatic N) is 3. The second-order valence-electron chi connectivity index (χ2n) is 4.53. The van der Waals surface area contributed by atoms with E-state index in [9.17, 15) is 22.1 Å². The molecule has 3 rings (SSSR count). The maximum absolute atomic E-state index is 13.9. The number of halogens is 4. The molecule has 4 nitrogen and oxygen atoms in total. The molecule has 0 radical (unpaired) electrons. The van der Waals surface area contributed by atoms with Crippen LogP contribution < -0.4 is 0 Å². The second kappa shape index (κ2) is 5.30. The topological polar surface area (TPSA) is 53.8 Å². The standard InChI is InChI=1S/C12H9F4N3OS/c13-7-3-1-2-6(4-7)9-5-8(14)10-17-12(18-19(9)10)21(20)11(15)16/h1-4,8-9,11H,5H2. The van der Waals surface area contributed by atoms with Crippen molar-refractivity contribution >= 4 is 11.2 Å². The van der Waals surface area contributed by atoms with Gasteiger partial charge in [-0.3, -0.25) is 0 Å². The summed E-state index contributed by atoms with van der Waals surface area (Å²) in [4.78, 5) is 3.59. The Morgan fingerprint density at radius 1 is 1.38 bits per heavy atom. The van der Waals surface area contributed by atoms with Gasteiger partial charge in [0.05, 0.1) is 17.2 Å². The maximum atomic E-state index is 13.9. The summed E-state index contributed by atoms with van der Waals surface area (Å²) in [6.45, 7) is 0. The summed E-state index contributed by atoms with van der Waals surface area (Å²) in [6, 6.07) is 4.86. The number of fused-ring (bicyclic) bond motifs is 1. The summed E-state index contributed by atoms with van der Waals surface area (Å²) in [5.74, 6) is -3.79. The molecular weight excluding hydrogens is 310 g/mol. The van der Waals surface area contributed by atoms with Crippen molar-refractivity contribution in [2.24, 2.45) is 0 Å². The third kappa shape index (κ3) is 2.51. The van der Waals surface area contributed by atoms with E-state index < -0.39 is 40.1 Å². The predicted octanol–water partition coefficient (Wildman–Crippen LogP) is 2.75. The highest BCUT2D eigenvalue weighted by atomic mass is 32.2. The Bertz CT molecular complexity index is 666. The Kier molecular flexibility index (Phi) is 3.62. The first-order valence-electron chi connectivity index (χ1n) is 6.02. The fraction of sp³-hybridized carbons (Fsp3) is 0.333. The molecule has 3 atom stereocenters. The van der Waals surface area contributed by atoms with E-state index >= 15 is 0 Å². The summed E-state index contributed by atoms with van der Waals surface area (Å²) in [6.07, 6.45) is -1.53. The molecule has 21 heavy (non-hydrogen) atoms. The van der Waals surface area contributed by atoms with Gasteiger partial charge in [0.15, 0.2) is 12.0 Å². The van der Waals surface area contributed by atoms with E-state index in [2.05, 4.69) is 10.1 Å². The Balaban J connectivity index is 1.99. The molecule has 1 aliphatic rings. The number of benzene rings is 1. The third-order valence-electron chi connectivity index (χ3n) is 3.22. The Morgan fingerprint density at radius 2 is 2.14 bits per heavy atom. The molecule has 0 saturated heterocycles. The summed E-state index contributed by atoms with van der Waals surface area (Å²) in [5, 5.41) is 3.11. The first-order chi connectivity index (χ1) is 9.97. The molecule has 1 aromatic carbocycles. The van der Waals surface area contributed by atoms with E-state index in [1.54, 1.807) is 6.07 Å². The molecule has 0 amide bonds. The number of aromatic nitrogens is 3. The lowest BCUT2D eigenvalue weighted by atomic mass is 10.0. The average molecular weight is 319 g/mol. The molecule has 2 heterocycles. The molecular formula is C12H9F4N3OS. The van der Waals surface area contributed by atoms with Crippen molar-refractivity contribution in [2.75, 3.05) is 0 Å². The Labute approximate surface area is 120 Å². The molecule has 0 saturated carbocycles. The lowest BCUT2D eigenvalue weighted by Gasteiger charge is -2.11. The highest BCUT2D eigenvalue weighted by Gasteiger charge is 2.39. The van der Waals surface area contributed by atoms with E-state index in [-0.39, 0.29) is 12.2 Å². The van der Waals surface area contributed by atoms with Crippen LogP contribution in [0.15, 0.2) is 29.4 Å². The van der Waals surface area contributed by atoms with Crippen LogP contribution in [0.3, 0.4) is 0 Å². The molecule has 0 fully saturated rings. The summed E-state index contributed by atoms with van der Waals surface area (Å²) >= 11 is -2.70. The van der Waals surface area contributed by atoms with Gasteiger partial charge >= 0.3 is 10.9 Å². The van der Waals surface area contributed by atoms with E-state index in [1.807, 2.05) is 0 Å². The van der Waals surface area contributed by atoms with E-state index in [0.717, 1.165) is 4.68 Å². The lowest BCUT2D eigenvalue weighted by Crippen LogP contribution is -2.15. The van der Waals surface area contributed by atoms with Gasteiger partial charge in [0.25, 0.3) is 0 Å². The van der Waals surface area contributed by atoms with Gasteiger partial charge in [-0.15, -0.1) is 5.10 Å². The first kappa shape index (κ1) is 14.3. The first-order valence-corrected chi connectivity index (χ1v) is 7.23. The van der Waals surface area contributed by atoms with E-state index in [4.69, 9.17) is 0 Å². The minimum absolute atomic E-state index is 0.0135. The minimum Gasteiger partial charge on any atom is -0.604 e. The van der Waals surface area contributed by atoms with Crippen LogP contribution >= 0.6 is 0 Å². The van der Waals surface area contributed by atoms with Crippen molar-refractivity contribution in [1.29, 1.82) is 0 Å². The predicted molar refractivity (Wildman–Crippen MR) is 65.4 cm³/mol. The van der Waals surface area contributed by atoms with Crippen LogP contribution in [0.5, 0.6) is 0 Å². The van der Waals surface area contributed by atoms with Gasteiger partial charge in [-0.1, -0.05) is 12.1 Å². The zero-order valence-electron chi connectivity index (χ0n) is 10.4. The molecule has 0 bridgehead atoms. The van der Waals surface area contributed by atoms with Gasteiger partial charge in [-0.2, -0.15) is 13.8 Å². The molecule has 112 valence electrons. The largest absolute Gasteiger partial charge is 0.604 e. The smallest absolute Gasteiger partial charge is 0.405 e. The van der Waals surface area contributed by atoms with Crippen LogP contribution in [0, 0.1) is 5.82 Å². The van der Waals surface area contributed by atoms with Crippen molar-refractivity contribution < 1.29 is 22.1 Å². The second-order valence-corrected chi connectivity index (χ2v) is 5.85. The third-order valence-corrected chi connectivity index (χ3v) is 4.08. The van der Waals surface area contributed by atoms with E-state index in [0.29, 0.717) is 5.56 Å². The van der Waals surface area contributed by atoms with Crippen molar-refractivity contribution in [3.8, 4) is 0 Å². The number of rotatable bonds is 3. The van der Waals surface area contributed by atoms with Gasteiger partial charge in [0.1, 0.15) is 5.82 Å². The summed E-state index contributed by atoms with van der Waals surface area (Å²) in [7, 11) is 0. The van der Waals surface area contributed by atoms with Crippen LogP contribution in [0.2, 0.25) is 0 Å². The Morgan fingerprint density at radius 3 is 2.81 bits per heavy atom. The van der Waals surface area contributed by atoms with Crippen molar-refractivity contribution in [2.45, 2.75) is 29.5 Å². The highest BCUT2D eigenvalue weighted by molar-refractivity contribution is 7.91. The normalized spacial score (nSPS) is 22.6. The van der Waals surface area contributed by atoms with Crippen molar-refractivity contribution in [3.05, 3.63) is 41.5 Å². The lowest BCUT2D eigenvalue weighted by molar-refractivity contribution is 0.233. The molecule has 0 aliphatic carbocycles. The monoisotopic (exact) mass is 319 g/mol. The van der Waals surface area contributed by atoms with Crippen molar-refractivity contribution in [3.63, 3.8) is 0 Å². The van der Waals surface area contributed by atoms with Gasteiger partial charge in [0.2, 0.25) is 0 Å². The molecule has 1 aliphatic heterocycles. The molecule has 2 aromatic rings. The SMILES string of the molecule is [O-][S+](c1nc2n(n1)C(c1cccc(F)c1)CC2F)C(F)F. The van der Waals surface area contributed by atoms with Gasteiger partial charge < -0.3 is 4.55 Å². The average Bonchev–Trinajstić information content (AvgIpc) is 2.99. The van der Waals surface area contributed by atoms with Gasteiger partial charge in [-0.25, -0.2) is 13.5 Å². The number of hydrogen-bond donors (Lipinski definition) is 0. The Hall–Kier alpha value is -1.61. The summed E-state index contributed by atoms with van der Waals surface area (Å²) < 4.78 is 64.4. The maximum Gasteiger partial charge on any atom is 0.405 e. The van der Waals surface area contributed by atoms with Gasteiger partial charge in [0, 0.05) is 6.42 Å². The molecule has 1 aromatic heterocycles. The fourth-order valence-electron chi connectivity index (χ4n) is 2.32. The highest BCUT2D eigenvalue weighted by Crippen LogP contribution is 2.40. The number of alkyl halides is 3. The van der Waals surface area contributed by atoms with Crippen LogP contribution in [-0.2, 0) is 11.2 Å². The van der Waals surface area contributed by atoms with Crippen LogP contribution in [0.1, 0.15) is 30.0 Å². The van der Waals surface area contributed by atoms with Crippen LogP contribution in [0.25, 0.3) is 0 Å². The van der Waals surface area contributed by atoms with Crippen LogP contribution in [-0.4, -0.2) is 25.1 Å². The number of hydrogen-bond acceptors (Lipinski definition) is 3.